The monoisotopic (exact) mass is 539 g/mol. The number of aromatic nitrogens is 1. The van der Waals surface area contributed by atoms with Crippen molar-refractivity contribution in [2.75, 3.05) is 20.2 Å². The minimum Gasteiger partial charge on any atom is -0.494 e. The van der Waals surface area contributed by atoms with Crippen LogP contribution in [0.2, 0.25) is 5.02 Å². The summed E-state index contributed by atoms with van der Waals surface area (Å²) in [7, 11) is 1.53. The highest BCUT2D eigenvalue weighted by Crippen LogP contribution is 2.47. The average Bonchev–Trinajstić information content (AvgIpc) is 3.52. The van der Waals surface area contributed by atoms with Crippen LogP contribution in [0, 0.1) is 22.7 Å². The first-order valence-electron chi connectivity index (χ1n) is 13.5. The molecule has 3 atom stereocenters. The van der Waals surface area contributed by atoms with Crippen LogP contribution in [-0.4, -0.2) is 59.9 Å². The lowest BCUT2D eigenvalue weighted by Gasteiger charge is -2.32. The van der Waals surface area contributed by atoms with Gasteiger partial charge in [0.05, 0.1) is 18.2 Å². The summed E-state index contributed by atoms with van der Waals surface area (Å²) in [6.45, 7) is 1.14. The molecule has 38 heavy (non-hydrogen) atoms. The van der Waals surface area contributed by atoms with E-state index in [-0.39, 0.29) is 35.5 Å². The third-order valence-corrected chi connectivity index (χ3v) is 8.82. The fourth-order valence-electron chi connectivity index (χ4n) is 6.55. The lowest BCUT2D eigenvalue weighted by atomic mass is 9.72. The van der Waals surface area contributed by atoms with Crippen LogP contribution in [0.4, 0.5) is 0 Å². The number of nitriles is 1. The van der Waals surface area contributed by atoms with Gasteiger partial charge in [0.15, 0.2) is 0 Å². The molecular formula is C28H34ClN5O4. The number of aromatic amines is 1. The number of hydrogen-bond donors (Lipinski definition) is 3. The van der Waals surface area contributed by atoms with Gasteiger partial charge in [0.2, 0.25) is 11.8 Å². The number of benzene rings is 1. The van der Waals surface area contributed by atoms with Crippen LogP contribution in [0.15, 0.2) is 18.2 Å². The molecule has 3 fully saturated rings. The Morgan fingerprint density at radius 2 is 2.08 bits per heavy atom. The molecule has 0 radical (unpaired) electrons. The molecule has 202 valence electrons. The van der Waals surface area contributed by atoms with Crippen LogP contribution < -0.4 is 15.4 Å². The minimum atomic E-state index is -0.796. The number of nitrogens with one attached hydrogen (secondary N) is 3. The summed E-state index contributed by atoms with van der Waals surface area (Å²) in [5.41, 5.74) is 0.980. The van der Waals surface area contributed by atoms with Crippen LogP contribution >= 0.6 is 11.6 Å². The minimum absolute atomic E-state index is 0.0704. The molecule has 9 nitrogen and oxygen atoms in total. The largest absolute Gasteiger partial charge is 0.494 e. The van der Waals surface area contributed by atoms with Gasteiger partial charge in [-0.2, -0.15) is 5.26 Å². The van der Waals surface area contributed by atoms with Crippen molar-refractivity contribution in [2.24, 2.45) is 11.3 Å². The number of carbonyl (C=O) groups is 3. The fourth-order valence-corrected chi connectivity index (χ4v) is 6.79. The molecule has 1 aromatic heterocycles. The van der Waals surface area contributed by atoms with Crippen LogP contribution in [-0.2, 0) is 9.59 Å². The van der Waals surface area contributed by atoms with Gasteiger partial charge in [-0.3, -0.25) is 14.4 Å². The van der Waals surface area contributed by atoms with Crippen molar-refractivity contribution < 1.29 is 19.1 Å². The van der Waals surface area contributed by atoms with E-state index in [4.69, 9.17) is 16.3 Å². The molecule has 5 rings (SSSR count). The molecule has 1 aromatic carbocycles. The topological polar surface area (TPSA) is 127 Å². The van der Waals surface area contributed by atoms with Crippen LogP contribution in [0.3, 0.4) is 0 Å². The molecule has 2 aromatic rings. The molecule has 3 heterocycles. The summed E-state index contributed by atoms with van der Waals surface area (Å²) in [6, 6.07) is 5.91. The Morgan fingerprint density at radius 1 is 1.29 bits per heavy atom. The number of ether oxygens (including phenoxy) is 1. The first kappa shape index (κ1) is 26.4. The van der Waals surface area contributed by atoms with Crippen molar-refractivity contribution >= 4 is 40.2 Å². The van der Waals surface area contributed by atoms with E-state index in [9.17, 15) is 19.6 Å². The third kappa shape index (κ3) is 5.06. The van der Waals surface area contributed by atoms with E-state index >= 15 is 0 Å². The lowest BCUT2D eigenvalue weighted by molar-refractivity contribution is -0.128. The summed E-state index contributed by atoms with van der Waals surface area (Å²) >= 11 is 6.28. The third-order valence-electron chi connectivity index (χ3n) is 8.52. The zero-order valence-electron chi connectivity index (χ0n) is 21.6. The number of piperidine rings is 1. The number of likely N-dealkylation sites (tertiary alicyclic amines) is 1. The maximum absolute atomic E-state index is 13.9. The van der Waals surface area contributed by atoms with Crippen LogP contribution in [0.1, 0.15) is 68.3 Å². The van der Waals surface area contributed by atoms with Crippen molar-refractivity contribution in [3.63, 3.8) is 0 Å². The molecular weight excluding hydrogens is 506 g/mol. The van der Waals surface area contributed by atoms with E-state index in [0.29, 0.717) is 47.8 Å². The zero-order valence-corrected chi connectivity index (χ0v) is 22.4. The van der Waals surface area contributed by atoms with E-state index < -0.39 is 12.1 Å². The number of rotatable bonds is 6. The van der Waals surface area contributed by atoms with Crippen molar-refractivity contribution in [3.05, 3.63) is 28.9 Å². The van der Waals surface area contributed by atoms with E-state index in [0.717, 1.165) is 44.0 Å². The summed E-state index contributed by atoms with van der Waals surface area (Å²) in [5.74, 6) is -0.475. The Labute approximate surface area is 227 Å². The molecule has 3 amide bonds. The molecule has 3 N–H and O–H groups in total. The zero-order chi connectivity index (χ0) is 26.9. The second-order valence-corrected chi connectivity index (χ2v) is 11.4. The van der Waals surface area contributed by atoms with Gasteiger partial charge in [-0.25, -0.2) is 0 Å². The molecule has 2 aliphatic heterocycles. The highest BCUT2D eigenvalue weighted by Gasteiger charge is 2.49. The van der Waals surface area contributed by atoms with Crippen molar-refractivity contribution in [1.29, 1.82) is 5.26 Å². The van der Waals surface area contributed by atoms with Crippen LogP contribution in [0.25, 0.3) is 10.9 Å². The number of hydrogen-bond acceptors (Lipinski definition) is 5. The molecule has 1 aliphatic carbocycles. The van der Waals surface area contributed by atoms with Gasteiger partial charge in [-0.1, -0.05) is 30.9 Å². The van der Waals surface area contributed by atoms with E-state index in [1.165, 1.54) is 7.11 Å². The summed E-state index contributed by atoms with van der Waals surface area (Å²) < 4.78 is 5.45. The molecule has 3 aliphatic rings. The predicted octanol–water partition coefficient (Wildman–Crippen LogP) is 3.92. The maximum Gasteiger partial charge on any atom is 0.271 e. The number of halogens is 1. The Kier molecular flexibility index (Phi) is 7.53. The van der Waals surface area contributed by atoms with Gasteiger partial charge >= 0.3 is 0 Å². The molecule has 0 bridgehead atoms. The second-order valence-electron chi connectivity index (χ2n) is 11.0. The summed E-state index contributed by atoms with van der Waals surface area (Å²) in [5, 5.41) is 16.6. The standard InChI is InChI=1S/C28H34ClN5O4/c1-38-24-19-13-22(33-21(19)8-7-20(24)29)27(37)34-16-28(9-3-2-4-10-28)14-23(34)26(36)32-18(15-30)12-17-6-5-11-31-25(17)35/h7-8,13,17-18,23,33H,2-6,9-12,14,16H2,1H3,(H,31,35)(H,32,36). The molecule has 2 saturated heterocycles. The van der Waals surface area contributed by atoms with Gasteiger partial charge in [0.25, 0.3) is 5.91 Å². The number of methoxy groups -OCH3 is 1. The lowest BCUT2D eigenvalue weighted by Crippen LogP contribution is -2.49. The van der Waals surface area contributed by atoms with E-state index in [1.807, 2.05) is 0 Å². The van der Waals surface area contributed by atoms with Crippen molar-refractivity contribution in [1.82, 2.24) is 20.5 Å². The summed E-state index contributed by atoms with van der Waals surface area (Å²) in [6.07, 6.45) is 7.66. The van der Waals surface area contributed by atoms with Gasteiger partial charge in [-0.05, 0) is 62.1 Å². The average molecular weight is 540 g/mol. The predicted molar refractivity (Wildman–Crippen MR) is 143 cm³/mol. The Bertz CT molecular complexity index is 1280. The van der Waals surface area contributed by atoms with Gasteiger partial charge < -0.3 is 25.3 Å². The highest BCUT2D eigenvalue weighted by molar-refractivity contribution is 6.33. The Hall–Kier alpha value is -3.25. The number of nitrogens with zero attached hydrogens (tertiary/aromatic N) is 2. The molecule has 1 spiro atoms. The molecule has 1 saturated carbocycles. The van der Waals surface area contributed by atoms with Crippen molar-refractivity contribution in [3.8, 4) is 11.8 Å². The Morgan fingerprint density at radius 3 is 2.79 bits per heavy atom. The fraction of sp³-hybridized carbons (Fsp3) is 0.571. The Balaban J connectivity index is 1.39. The molecule has 10 heteroatoms. The summed E-state index contributed by atoms with van der Waals surface area (Å²) in [4.78, 5) is 44.6. The normalized spacial score (nSPS) is 23.6. The van der Waals surface area contributed by atoms with E-state index in [2.05, 4.69) is 21.7 Å². The van der Waals surface area contributed by atoms with Crippen LogP contribution in [0.5, 0.6) is 5.75 Å². The smallest absolute Gasteiger partial charge is 0.271 e. The van der Waals surface area contributed by atoms with Gasteiger partial charge in [-0.15, -0.1) is 0 Å². The SMILES string of the molecule is COc1c(Cl)ccc2[nH]c(C(=O)N3CC4(CCCCC4)CC3C(=O)NC(C#N)CC3CCCNC3=O)cc12. The second kappa shape index (κ2) is 10.9. The van der Waals surface area contributed by atoms with Gasteiger partial charge in [0, 0.05) is 29.9 Å². The number of H-pyrrole nitrogens is 1. The quantitative estimate of drug-likeness (QED) is 0.512. The first-order chi connectivity index (χ1) is 18.3. The molecule has 3 unspecified atom stereocenters. The first-order valence-corrected chi connectivity index (χ1v) is 13.9. The van der Waals surface area contributed by atoms with E-state index in [1.54, 1.807) is 23.1 Å². The number of fused-ring (bicyclic) bond motifs is 1. The van der Waals surface area contributed by atoms with Crippen molar-refractivity contribution in [2.45, 2.75) is 69.9 Å². The highest BCUT2D eigenvalue weighted by atomic mass is 35.5. The maximum atomic E-state index is 13.9. The number of amides is 3. The van der Waals surface area contributed by atoms with Gasteiger partial charge in [0.1, 0.15) is 23.5 Å². The number of carbonyl (C=O) groups excluding carboxylic acids is 3.